The summed E-state index contributed by atoms with van der Waals surface area (Å²) in [4.78, 5) is 0. The number of nitrogen functional groups attached to an aromatic ring is 1. The SMILES string of the molecule is CC(C)CC(CO)Nc1ccc(C#N)c(N)c1. The third-order valence-corrected chi connectivity index (χ3v) is 2.52. The highest BCUT2D eigenvalue weighted by Crippen LogP contribution is 2.19. The molecule has 0 aliphatic carbocycles. The summed E-state index contributed by atoms with van der Waals surface area (Å²) < 4.78 is 0. The van der Waals surface area contributed by atoms with Crippen LogP contribution < -0.4 is 11.1 Å². The van der Waals surface area contributed by atoms with Gasteiger partial charge in [0.1, 0.15) is 6.07 Å². The van der Waals surface area contributed by atoms with Gasteiger partial charge in [-0.25, -0.2) is 0 Å². The summed E-state index contributed by atoms with van der Waals surface area (Å²) in [7, 11) is 0. The van der Waals surface area contributed by atoms with Crippen LogP contribution in [0.2, 0.25) is 0 Å². The Kier molecular flexibility index (Phi) is 4.80. The van der Waals surface area contributed by atoms with Gasteiger partial charge in [-0.1, -0.05) is 13.8 Å². The summed E-state index contributed by atoms with van der Waals surface area (Å²) in [5.41, 5.74) is 7.49. The zero-order valence-electron chi connectivity index (χ0n) is 10.3. The lowest BCUT2D eigenvalue weighted by atomic mass is 10.0. The van der Waals surface area contributed by atoms with Crippen molar-refractivity contribution in [3.8, 4) is 6.07 Å². The van der Waals surface area contributed by atoms with Crippen molar-refractivity contribution in [2.75, 3.05) is 17.7 Å². The van der Waals surface area contributed by atoms with Gasteiger partial charge in [-0.05, 0) is 30.5 Å². The molecule has 1 rings (SSSR count). The van der Waals surface area contributed by atoms with E-state index in [1.807, 2.05) is 6.07 Å². The number of nitrogens with two attached hydrogens (primary N) is 1. The van der Waals surface area contributed by atoms with Gasteiger partial charge in [0.2, 0.25) is 0 Å². The second kappa shape index (κ2) is 6.12. The van der Waals surface area contributed by atoms with E-state index in [1.54, 1.807) is 18.2 Å². The van der Waals surface area contributed by atoms with Gasteiger partial charge in [0.05, 0.1) is 17.9 Å². The highest BCUT2D eigenvalue weighted by atomic mass is 16.3. The number of nitrogens with one attached hydrogen (secondary N) is 1. The van der Waals surface area contributed by atoms with Crippen LogP contribution in [0.4, 0.5) is 11.4 Å². The lowest BCUT2D eigenvalue weighted by Gasteiger charge is -2.19. The summed E-state index contributed by atoms with van der Waals surface area (Å²) >= 11 is 0. The maximum atomic E-state index is 9.26. The number of rotatable bonds is 5. The molecule has 4 heteroatoms. The summed E-state index contributed by atoms with van der Waals surface area (Å²) in [5.74, 6) is 0.510. The van der Waals surface area contributed by atoms with E-state index in [9.17, 15) is 5.11 Å². The van der Waals surface area contributed by atoms with Crippen LogP contribution in [0, 0.1) is 17.2 Å². The minimum atomic E-state index is 0.0161. The molecule has 0 heterocycles. The second-order valence-corrected chi connectivity index (χ2v) is 4.57. The van der Waals surface area contributed by atoms with Crippen molar-refractivity contribution in [2.45, 2.75) is 26.3 Å². The Morgan fingerprint density at radius 2 is 2.18 bits per heavy atom. The molecule has 1 unspecified atom stereocenters. The molecule has 0 saturated heterocycles. The first-order valence-corrected chi connectivity index (χ1v) is 5.73. The maximum absolute atomic E-state index is 9.26. The monoisotopic (exact) mass is 233 g/mol. The first-order valence-electron chi connectivity index (χ1n) is 5.73. The van der Waals surface area contributed by atoms with Gasteiger partial charge in [0, 0.05) is 11.7 Å². The molecule has 17 heavy (non-hydrogen) atoms. The molecule has 92 valence electrons. The van der Waals surface area contributed by atoms with E-state index in [-0.39, 0.29) is 12.6 Å². The summed E-state index contributed by atoms with van der Waals surface area (Å²) in [6, 6.07) is 7.25. The predicted molar refractivity (Wildman–Crippen MR) is 69.5 cm³/mol. The van der Waals surface area contributed by atoms with Crippen molar-refractivity contribution < 1.29 is 5.11 Å². The minimum absolute atomic E-state index is 0.0161. The van der Waals surface area contributed by atoms with E-state index in [0.29, 0.717) is 17.2 Å². The van der Waals surface area contributed by atoms with E-state index >= 15 is 0 Å². The molecule has 1 atom stereocenters. The second-order valence-electron chi connectivity index (χ2n) is 4.57. The standard InChI is InChI=1S/C13H19N3O/c1-9(2)5-12(8-17)16-11-4-3-10(7-14)13(15)6-11/h3-4,6,9,12,16-17H,5,8,15H2,1-2H3. The normalized spacial score (nSPS) is 12.2. The molecule has 0 bridgehead atoms. The summed E-state index contributed by atoms with van der Waals surface area (Å²) in [6.45, 7) is 4.30. The molecule has 4 N–H and O–H groups in total. The molecular formula is C13H19N3O. The van der Waals surface area contributed by atoms with Gasteiger partial charge in [-0.2, -0.15) is 5.26 Å². The van der Waals surface area contributed by atoms with Crippen molar-refractivity contribution in [1.82, 2.24) is 0 Å². The van der Waals surface area contributed by atoms with E-state index < -0.39 is 0 Å². The Morgan fingerprint density at radius 3 is 2.65 bits per heavy atom. The fourth-order valence-corrected chi connectivity index (χ4v) is 1.74. The third kappa shape index (κ3) is 3.97. The number of hydrogen-bond donors (Lipinski definition) is 3. The first-order chi connectivity index (χ1) is 8.06. The summed E-state index contributed by atoms with van der Waals surface area (Å²) in [6.07, 6.45) is 0.885. The number of benzene rings is 1. The van der Waals surface area contributed by atoms with Crippen LogP contribution in [0.25, 0.3) is 0 Å². The Balaban J connectivity index is 2.74. The van der Waals surface area contributed by atoms with Crippen molar-refractivity contribution in [3.05, 3.63) is 23.8 Å². The van der Waals surface area contributed by atoms with Crippen LogP contribution in [0.5, 0.6) is 0 Å². The average molecular weight is 233 g/mol. The topological polar surface area (TPSA) is 82.1 Å². The number of anilines is 2. The molecule has 0 spiro atoms. The molecule has 1 aromatic carbocycles. The smallest absolute Gasteiger partial charge is 0.101 e. The lowest BCUT2D eigenvalue weighted by Crippen LogP contribution is -2.25. The van der Waals surface area contributed by atoms with Crippen molar-refractivity contribution in [3.63, 3.8) is 0 Å². The molecule has 1 aromatic rings. The molecule has 4 nitrogen and oxygen atoms in total. The van der Waals surface area contributed by atoms with Crippen molar-refractivity contribution >= 4 is 11.4 Å². The molecule has 0 saturated carbocycles. The predicted octanol–water partition coefficient (Wildman–Crippen LogP) is 1.96. The van der Waals surface area contributed by atoms with Gasteiger partial charge < -0.3 is 16.2 Å². The van der Waals surface area contributed by atoms with E-state index in [0.717, 1.165) is 12.1 Å². The number of aliphatic hydroxyl groups excluding tert-OH is 1. The van der Waals surface area contributed by atoms with Crippen LogP contribution in [0.15, 0.2) is 18.2 Å². The Labute approximate surface area is 102 Å². The number of aliphatic hydroxyl groups is 1. The first kappa shape index (κ1) is 13.3. The van der Waals surface area contributed by atoms with Crippen molar-refractivity contribution in [1.29, 1.82) is 5.26 Å². The van der Waals surface area contributed by atoms with Gasteiger partial charge in [0.15, 0.2) is 0 Å². The zero-order chi connectivity index (χ0) is 12.8. The van der Waals surface area contributed by atoms with Crippen LogP contribution in [0.1, 0.15) is 25.8 Å². The largest absolute Gasteiger partial charge is 0.398 e. The Hall–Kier alpha value is -1.73. The molecule has 0 fully saturated rings. The molecular weight excluding hydrogens is 214 g/mol. The third-order valence-electron chi connectivity index (χ3n) is 2.52. The molecule has 0 radical (unpaired) electrons. The van der Waals surface area contributed by atoms with Crippen LogP contribution in [0.3, 0.4) is 0 Å². The van der Waals surface area contributed by atoms with Gasteiger partial charge in [-0.3, -0.25) is 0 Å². The van der Waals surface area contributed by atoms with Crippen LogP contribution in [-0.2, 0) is 0 Å². The van der Waals surface area contributed by atoms with E-state index in [4.69, 9.17) is 11.0 Å². The highest BCUT2D eigenvalue weighted by Gasteiger charge is 2.10. The Morgan fingerprint density at radius 1 is 1.47 bits per heavy atom. The maximum Gasteiger partial charge on any atom is 0.101 e. The molecule has 0 aromatic heterocycles. The lowest BCUT2D eigenvalue weighted by molar-refractivity contribution is 0.259. The number of nitriles is 1. The molecule has 0 aliphatic rings. The van der Waals surface area contributed by atoms with Crippen LogP contribution >= 0.6 is 0 Å². The van der Waals surface area contributed by atoms with Gasteiger partial charge in [0.25, 0.3) is 0 Å². The van der Waals surface area contributed by atoms with Gasteiger partial charge in [-0.15, -0.1) is 0 Å². The zero-order valence-corrected chi connectivity index (χ0v) is 10.3. The molecule has 0 aliphatic heterocycles. The van der Waals surface area contributed by atoms with Crippen LogP contribution in [-0.4, -0.2) is 17.8 Å². The Bertz CT molecular complexity index is 410. The van der Waals surface area contributed by atoms with E-state index in [2.05, 4.69) is 19.2 Å². The fourth-order valence-electron chi connectivity index (χ4n) is 1.74. The minimum Gasteiger partial charge on any atom is -0.398 e. The molecule has 0 amide bonds. The van der Waals surface area contributed by atoms with Gasteiger partial charge >= 0.3 is 0 Å². The summed E-state index contributed by atoms with van der Waals surface area (Å²) in [5, 5.41) is 21.2. The highest BCUT2D eigenvalue weighted by molar-refractivity contribution is 5.62. The number of nitrogens with zero attached hydrogens (tertiary/aromatic N) is 1. The average Bonchev–Trinajstić information content (AvgIpc) is 2.27. The number of hydrogen-bond acceptors (Lipinski definition) is 4. The fraction of sp³-hybridized carbons (Fsp3) is 0.462. The van der Waals surface area contributed by atoms with Crippen molar-refractivity contribution in [2.24, 2.45) is 5.92 Å². The van der Waals surface area contributed by atoms with E-state index in [1.165, 1.54) is 0 Å². The quantitative estimate of drug-likeness (QED) is 0.679.